The molecule has 18 heavy (non-hydrogen) atoms. The molecule has 0 atom stereocenters. The molecule has 0 saturated heterocycles. The molecule has 0 spiro atoms. The zero-order valence-corrected chi connectivity index (χ0v) is 11.1. The number of rotatable bonds is 0. The molecule has 0 saturated carbocycles. The predicted molar refractivity (Wildman–Crippen MR) is 77.9 cm³/mol. The lowest BCUT2D eigenvalue weighted by Crippen LogP contribution is -2.13. The quantitative estimate of drug-likeness (QED) is 0.515. The first-order valence-electron chi connectivity index (χ1n) is 6.35. The Morgan fingerprint density at radius 3 is 2.22 bits per heavy atom. The van der Waals surface area contributed by atoms with Gasteiger partial charge in [0, 0.05) is 21.9 Å². The second-order valence-electron chi connectivity index (χ2n) is 5.80. The highest BCUT2D eigenvalue weighted by molar-refractivity contribution is 6.05. The van der Waals surface area contributed by atoms with Gasteiger partial charge in [-0.2, -0.15) is 0 Å². The van der Waals surface area contributed by atoms with Gasteiger partial charge >= 0.3 is 0 Å². The Morgan fingerprint density at radius 2 is 1.44 bits per heavy atom. The van der Waals surface area contributed by atoms with Crippen molar-refractivity contribution in [2.24, 2.45) is 0 Å². The molecule has 1 heteroatoms. The number of benzene rings is 2. The van der Waals surface area contributed by atoms with Crippen LogP contribution in [0.15, 0.2) is 48.5 Å². The third-order valence-corrected chi connectivity index (χ3v) is 3.35. The van der Waals surface area contributed by atoms with Crippen molar-refractivity contribution in [3.63, 3.8) is 0 Å². The molecule has 0 amide bonds. The second kappa shape index (κ2) is 3.81. The Balaban J connectivity index is 2.40. The maximum absolute atomic E-state index is 4.87. The second-order valence-corrected chi connectivity index (χ2v) is 5.80. The number of nitrogens with zero attached hydrogens (tertiary/aromatic N) is 1. The van der Waals surface area contributed by atoms with Gasteiger partial charge in [0.1, 0.15) is 0 Å². The van der Waals surface area contributed by atoms with Gasteiger partial charge in [-0.3, -0.25) is 4.98 Å². The average Bonchev–Trinajstić information content (AvgIpc) is 2.37. The number of hydrogen-bond acceptors (Lipinski definition) is 1. The summed E-state index contributed by atoms with van der Waals surface area (Å²) in [5.41, 5.74) is 2.34. The van der Waals surface area contributed by atoms with E-state index < -0.39 is 0 Å². The van der Waals surface area contributed by atoms with Crippen LogP contribution in [0.4, 0.5) is 0 Å². The van der Waals surface area contributed by atoms with Crippen LogP contribution in [-0.4, -0.2) is 4.98 Å². The maximum Gasteiger partial charge on any atom is 0.0783 e. The summed E-state index contributed by atoms with van der Waals surface area (Å²) in [7, 11) is 0. The summed E-state index contributed by atoms with van der Waals surface area (Å²) in [5.74, 6) is 0. The Kier molecular flexibility index (Phi) is 2.37. The SMILES string of the molecule is CC(C)(C)c1ccc2ccc3ccccc3c2n1. The van der Waals surface area contributed by atoms with Crippen LogP contribution in [0.3, 0.4) is 0 Å². The highest BCUT2D eigenvalue weighted by atomic mass is 14.7. The molecule has 3 aromatic rings. The maximum atomic E-state index is 4.87. The van der Waals surface area contributed by atoms with E-state index in [1.807, 2.05) is 0 Å². The van der Waals surface area contributed by atoms with Crippen molar-refractivity contribution >= 4 is 21.7 Å². The molecule has 1 heterocycles. The molecule has 0 aliphatic rings. The summed E-state index contributed by atoms with van der Waals surface area (Å²) >= 11 is 0. The van der Waals surface area contributed by atoms with Crippen molar-refractivity contribution in [1.82, 2.24) is 4.98 Å². The summed E-state index contributed by atoms with van der Waals surface area (Å²) in [4.78, 5) is 4.87. The van der Waals surface area contributed by atoms with Gasteiger partial charge in [-0.05, 0) is 11.5 Å². The smallest absolute Gasteiger partial charge is 0.0783 e. The van der Waals surface area contributed by atoms with E-state index in [-0.39, 0.29) is 5.41 Å². The molecule has 0 radical (unpaired) electrons. The van der Waals surface area contributed by atoms with Crippen LogP contribution in [-0.2, 0) is 5.41 Å². The van der Waals surface area contributed by atoms with E-state index in [2.05, 4.69) is 69.3 Å². The zero-order chi connectivity index (χ0) is 12.8. The third-order valence-electron chi connectivity index (χ3n) is 3.35. The summed E-state index contributed by atoms with van der Waals surface area (Å²) in [6.07, 6.45) is 0. The van der Waals surface area contributed by atoms with Crippen molar-refractivity contribution in [2.45, 2.75) is 26.2 Å². The topological polar surface area (TPSA) is 12.9 Å². The first kappa shape index (κ1) is 11.2. The minimum atomic E-state index is 0.0884. The minimum Gasteiger partial charge on any atom is -0.252 e. The van der Waals surface area contributed by atoms with E-state index in [1.54, 1.807) is 0 Å². The summed E-state index contributed by atoms with van der Waals surface area (Å²) < 4.78 is 0. The molecule has 0 unspecified atom stereocenters. The van der Waals surface area contributed by atoms with Gasteiger partial charge in [0.05, 0.1) is 5.52 Å². The van der Waals surface area contributed by atoms with Gasteiger partial charge in [0.25, 0.3) is 0 Å². The van der Waals surface area contributed by atoms with Crippen LogP contribution in [0.1, 0.15) is 26.5 Å². The molecule has 0 bridgehead atoms. The molecular weight excluding hydrogens is 218 g/mol. The molecule has 1 aromatic heterocycles. The molecule has 90 valence electrons. The lowest BCUT2D eigenvalue weighted by Gasteiger charge is -2.18. The van der Waals surface area contributed by atoms with Crippen molar-refractivity contribution in [3.05, 3.63) is 54.2 Å². The molecular formula is C17H17N. The van der Waals surface area contributed by atoms with Crippen molar-refractivity contribution in [2.75, 3.05) is 0 Å². The molecule has 3 rings (SSSR count). The minimum absolute atomic E-state index is 0.0884. The number of pyridine rings is 1. The van der Waals surface area contributed by atoms with Crippen molar-refractivity contribution in [1.29, 1.82) is 0 Å². The van der Waals surface area contributed by atoms with Crippen molar-refractivity contribution in [3.8, 4) is 0 Å². The first-order valence-corrected chi connectivity index (χ1v) is 6.35. The first-order chi connectivity index (χ1) is 8.55. The largest absolute Gasteiger partial charge is 0.252 e. The van der Waals surface area contributed by atoms with Gasteiger partial charge in [-0.1, -0.05) is 63.2 Å². The molecule has 0 N–H and O–H groups in total. The highest BCUT2D eigenvalue weighted by Crippen LogP contribution is 2.27. The van der Waals surface area contributed by atoms with E-state index in [1.165, 1.54) is 16.2 Å². The molecule has 0 fully saturated rings. The lowest BCUT2D eigenvalue weighted by atomic mass is 9.91. The fourth-order valence-corrected chi connectivity index (χ4v) is 2.28. The monoisotopic (exact) mass is 235 g/mol. The molecule has 0 aliphatic carbocycles. The summed E-state index contributed by atoms with van der Waals surface area (Å²) in [6.45, 7) is 6.60. The predicted octanol–water partition coefficient (Wildman–Crippen LogP) is 4.69. The van der Waals surface area contributed by atoms with E-state index in [0.717, 1.165) is 11.2 Å². The summed E-state index contributed by atoms with van der Waals surface area (Å²) in [6, 6.07) is 17.1. The van der Waals surface area contributed by atoms with Gasteiger partial charge in [0.15, 0.2) is 0 Å². The lowest BCUT2D eigenvalue weighted by molar-refractivity contribution is 0.571. The number of aromatic nitrogens is 1. The van der Waals surface area contributed by atoms with E-state index in [4.69, 9.17) is 4.98 Å². The number of fused-ring (bicyclic) bond motifs is 3. The number of hydrogen-bond donors (Lipinski definition) is 0. The van der Waals surface area contributed by atoms with Gasteiger partial charge < -0.3 is 0 Å². The zero-order valence-electron chi connectivity index (χ0n) is 11.1. The van der Waals surface area contributed by atoms with Crippen LogP contribution < -0.4 is 0 Å². The molecule has 1 nitrogen and oxygen atoms in total. The van der Waals surface area contributed by atoms with Crippen LogP contribution >= 0.6 is 0 Å². The van der Waals surface area contributed by atoms with Gasteiger partial charge in [-0.15, -0.1) is 0 Å². The fourth-order valence-electron chi connectivity index (χ4n) is 2.28. The molecule has 2 aromatic carbocycles. The van der Waals surface area contributed by atoms with Crippen LogP contribution in [0.2, 0.25) is 0 Å². The van der Waals surface area contributed by atoms with Crippen LogP contribution in [0.5, 0.6) is 0 Å². The van der Waals surface area contributed by atoms with Crippen LogP contribution in [0.25, 0.3) is 21.7 Å². The normalized spacial score (nSPS) is 12.2. The molecule has 0 aliphatic heterocycles. The van der Waals surface area contributed by atoms with Crippen molar-refractivity contribution < 1.29 is 0 Å². The van der Waals surface area contributed by atoms with Gasteiger partial charge in [0.2, 0.25) is 0 Å². The van der Waals surface area contributed by atoms with E-state index in [0.29, 0.717) is 0 Å². The third kappa shape index (κ3) is 1.76. The van der Waals surface area contributed by atoms with E-state index >= 15 is 0 Å². The Morgan fingerprint density at radius 1 is 0.778 bits per heavy atom. The Labute approximate surface area is 107 Å². The Hall–Kier alpha value is -1.89. The van der Waals surface area contributed by atoms with Gasteiger partial charge in [-0.25, -0.2) is 0 Å². The Bertz CT molecular complexity index is 720. The summed E-state index contributed by atoms with van der Waals surface area (Å²) in [5, 5.41) is 3.70. The average molecular weight is 235 g/mol. The fraction of sp³-hybridized carbons (Fsp3) is 0.235. The van der Waals surface area contributed by atoms with Crippen LogP contribution in [0, 0.1) is 0 Å². The highest BCUT2D eigenvalue weighted by Gasteiger charge is 2.15. The standard InChI is InChI=1S/C17H17N/c1-17(2,3)15-11-10-13-9-8-12-6-4-5-7-14(12)16(13)18-15/h4-11H,1-3H3. The van der Waals surface area contributed by atoms with E-state index in [9.17, 15) is 0 Å².